The van der Waals surface area contributed by atoms with Crippen LogP contribution in [-0.2, 0) is 9.53 Å². The third-order valence-electron chi connectivity index (χ3n) is 3.45. The Bertz CT molecular complexity index is 798. The van der Waals surface area contributed by atoms with E-state index in [-0.39, 0.29) is 5.97 Å². The third-order valence-corrected chi connectivity index (χ3v) is 3.78. The van der Waals surface area contributed by atoms with Crippen molar-refractivity contribution in [2.24, 2.45) is 0 Å². The number of ether oxygens (including phenoxy) is 1. The molecule has 0 radical (unpaired) electrons. The molecule has 0 saturated heterocycles. The first-order chi connectivity index (χ1) is 11.1. The number of rotatable bonds is 4. The van der Waals surface area contributed by atoms with Crippen molar-refractivity contribution in [3.05, 3.63) is 77.3 Å². The molecule has 2 aromatic carbocycles. The molecule has 1 atom stereocenters. The molecular weight excluding hydrogens is 312 g/mol. The molecule has 0 saturated carbocycles. The van der Waals surface area contributed by atoms with Gasteiger partial charge in [0.2, 0.25) is 0 Å². The maximum Gasteiger partial charge on any atom is 0.303 e. The predicted octanol–water partition coefficient (Wildman–Crippen LogP) is 4.38. The minimum absolute atomic E-state index is 0.360. The molecule has 0 fully saturated rings. The largest absolute Gasteiger partial charge is 0.449 e. The summed E-state index contributed by atoms with van der Waals surface area (Å²) in [6.45, 7) is 1.38. The second kappa shape index (κ2) is 6.67. The maximum absolute atomic E-state index is 11.4. The molecule has 3 aromatic rings. The van der Waals surface area contributed by atoms with Gasteiger partial charge in [-0.15, -0.1) is 0 Å². The standard InChI is InChI=1S/C18H15ClN2O2/c1-12(22)23-17(18-20-10-11-21-18)14-8-6-13(7-9-14)15-4-2-3-5-16(15)19/h2-11,17H,1H3,(H,20,21). The molecule has 5 heteroatoms. The highest BCUT2D eigenvalue weighted by molar-refractivity contribution is 6.33. The van der Waals surface area contributed by atoms with Gasteiger partial charge in [0.15, 0.2) is 11.9 Å². The SMILES string of the molecule is CC(=O)OC(c1ccc(-c2ccccc2Cl)cc1)c1ncc[nH]1. The molecule has 0 aliphatic carbocycles. The highest BCUT2D eigenvalue weighted by atomic mass is 35.5. The smallest absolute Gasteiger partial charge is 0.303 e. The fraction of sp³-hybridized carbons (Fsp3) is 0.111. The van der Waals surface area contributed by atoms with Gasteiger partial charge in [0.05, 0.1) is 0 Å². The number of nitrogens with one attached hydrogen (secondary N) is 1. The highest BCUT2D eigenvalue weighted by Gasteiger charge is 2.19. The van der Waals surface area contributed by atoms with Gasteiger partial charge in [0, 0.05) is 35.5 Å². The third kappa shape index (κ3) is 3.43. The molecular formula is C18H15ClN2O2. The summed E-state index contributed by atoms with van der Waals surface area (Å²) < 4.78 is 5.39. The van der Waals surface area contributed by atoms with Gasteiger partial charge >= 0.3 is 5.97 Å². The van der Waals surface area contributed by atoms with Gasteiger partial charge in [-0.3, -0.25) is 4.79 Å². The van der Waals surface area contributed by atoms with E-state index in [1.54, 1.807) is 12.4 Å². The van der Waals surface area contributed by atoms with Crippen LogP contribution in [0.1, 0.15) is 24.4 Å². The Hall–Kier alpha value is -2.59. The van der Waals surface area contributed by atoms with Crippen molar-refractivity contribution >= 4 is 17.6 Å². The Labute approximate surface area is 139 Å². The van der Waals surface area contributed by atoms with Crippen LogP contribution in [0.5, 0.6) is 0 Å². The molecule has 0 aliphatic rings. The van der Waals surface area contributed by atoms with Crippen LogP contribution in [0.3, 0.4) is 0 Å². The van der Waals surface area contributed by atoms with Crippen LogP contribution in [0, 0.1) is 0 Å². The summed E-state index contributed by atoms with van der Waals surface area (Å²) in [7, 11) is 0. The molecule has 23 heavy (non-hydrogen) atoms. The molecule has 0 amide bonds. The Morgan fingerprint density at radius 2 is 1.91 bits per heavy atom. The molecule has 0 spiro atoms. The number of benzene rings is 2. The van der Waals surface area contributed by atoms with E-state index >= 15 is 0 Å². The first-order valence-electron chi connectivity index (χ1n) is 7.16. The summed E-state index contributed by atoms with van der Waals surface area (Å²) in [5.41, 5.74) is 2.80. The number of carbonyl (C=O) groups excluding carboxylic acids is 1. The van der Waals surface area contributed by atoms with Crippen molar-refractivity contribution in [3.63, 3.8) is 0 Å². The number of hydrogen-bond acceptors (Lipinski definition) is 3. The summed E-state index contributed by atoms with van der Waals surface area (Å²) >= 11 is 6.23. The molecule has 1 heterocycles. The van der Waals surface area contributed by atoms with Gasteiger partial charge in [0.25, 0.3) is 0 Å². The van der Waals surface area contributed by atoms with Crippen molar-refractivity contribution in [2.75, 3.05) is 0 Å². The minimum atomic E-state index is -0.553. The number of H-pyrrole nitrogens is 1. The van der Waals surface area contributed by atoms with Gasteiger partial charge in [-0.25, -0.2) is 4.98 Å². The van der Waals surface area contributed by atoms with Gasteiger partial charge in [-0.05, 0) is 11.6 Å². The van der Waals surface area contributed by atoms with E-state index in [0.29, 0.717) is 10.8 Å². The molecule has 1 unspecified atom stereocenters. The topological polar surface area (TPSA) is 55.0 Å². The van der Waals surface area contributed by atoms with E-state index in [1.165, 1.54) is 6.92 Å². The van der Waals surface area contributed by atoms with Gasteiger partial charge in [0.1, 0.15) is 0 Å². The Balaban J connectivity index is 1.93. The van der Waals surface area contributed by atoms with E-state index in [9.17, 15) is 4.79 Å². The second-order valence-electron chi connectivity index (χ2n) is 5.07. The van der Waals surface area contributed by atoms with Crippen LogP contribution in [-0.4, -0.2) is 15.9 Å². The number of halogens is 1. The number of carbonyl (C=O) groups is 1. The predicted molar refractivity (Wildman–Crippen MR) is 89.1 cm³/mol. The van der Waals surface area contributed by atoms with E-state index in [1.807, 2.05) is 48.5 Å². The molecule has 116 valence electrons. The van der Waals surface area contributed by atoms with Crippen LogP contribution in [0.25, 0.3) is 11.1 Å². The van der Waals surface area contributed by atoms with Crippen molar-refractivity contribution in [1.82, 2.24) is 9.97 Å². The van der Waals surface area contributed by atoms with Crippen LogP contribution in [0.4, 0.5) is 0 Å². The minimum Gasteiger partial charge on any atom is -0.449 e. The maximum atomic E-state index is 11.4. The van der Waals surface area contributed by atoms with Gasteiger partial charge < -0.3 is 9.72 Å². The molecule has 1 aromatic heterocycles. The lowest BCUT2D eigenvalue weighted by Gasteiger charge is -2.16. The fourth-order valence-corrected chi connectivity index (χ4v) is 2.65. The average Bonchev–Trinajstić information content (AvgIpc) is 3.07. The molecule has 3 rings (SSSR count). The molecule has 0 aliphatic heterocycles. The lowest BCUT2D eigenvalue weighted by Crippen LogP contribution is -2.11. The molecule has 0 bridgehead atoms. The number of imidazole rings is 1. The van der Waals surface area contributed by atoms with Crippen molar-refractivity contribution in [2.45, 2.75) is 13.0 Å². The summed E-state index contributed by atoms with van der Waals surface area (Å²) in [6.07, 6.45) is 2.77. The average molecular weight is 327 g/mol. The van der Waals surface area contributed by atoms with Crippen molar-refractivity contribution in [3.8, 4) is 11.1 Å². The monoisotopic (exact) mass is 326 g/mol. The number of hydrogen-bond donors (Lipinski definition) is 1. The number of nitrogens with zero attached hydrogens (tertiary/aromatic N) is 1. The first kappa shape index (κ1) is 15.3. The highest BCUT2D eigenvalue weighted by Crippen LogP contribution is 2.30. The van der Waals surface area contributed by atoms with Crippen LogP contribution in [0.2, 0.25) is 5.02 Å². The normalized spacial score (nSPS) is 11.9. The van der Waals surface area contributed by atoms with Gasteiger partial charge in [-0.2, -0.15) is 0 Å². The Morgan fingerprint density at radius 3 is 2.52 bits per heavy atom. The van der Waals surface area contributed by atoms with Gasteiger partial charge in [-0.1, -0.05) is 54.1 Å². The fourth-order valence-electron chi connectivity index (χ4n) is 2.40. The number of esters is 1. The van der Waals surface area contributed by atoms with Crippen molar-refractivity contribution in [1.29, 1.82) is 0 Å². The van der Waals surface area contributed by atoms with Crippen LogP contribution < -0.4 is 0 Å². The summed E-state index contributed by atoms with van der Waals surface area (Å²) in [5.74, 6) is 0.229. The lowest BCUT2D eigenvalue weighted by molar-refractivity contribution is -0.145. The first-order valence-corrected chi connectivity index (χ1v) is 7.54. The summed E-state index contributed by atoms with van der Waals surface area (Å²) in [6, 6.07) is 15.4. The zero-order chi connectivity index (χ0) is 16.2. The zero-order valence-electron chi connectivity index (χ0n) is 12.5. The second-order valence-corrected chi connectivity index (χ2v) is 5.47. The van der Waals surface area contributed by atoms with Crippen LogP contribution >= 0.6 is 11.6 Å². The van der Waals surface area contributed by atoms with E-state index in [4.69, 9.17) is 16.3 Å². The van der Waals surface area contributed by atoms with E-state index in [2.05, 4.69) is 9.97 Å². The van der Waals surface area contributed by atoms with E-state index < -0.39 is 6.10 Å². The van der Waals surface area contributed by atoms with Crippen LogP contribution in [0.15, 0.2) is 60.9 Å². The van der Waals surface area contributed by atoms with Crippen molar-refractivity contribution < 1.29 is 9.53 Å². The summed E-state index contributed by atoms with van der Waals surface area (Å²) in [4.78, 5) is 18.5. The molecule has 4 nitrogen and oxygen atoms in total. The zero-order valence-corrected chi connectivity index (χ0v) is 13.2. The summed E-state index contributed by atoms with van der Waals surface area (Å²) in [5, 5.41) is 0.697. The Kier molecular flexibility index (Phi) is 4.44. The number of aromatic nitrogens is 2. The van der Waals surface area contributed by atoms with E-state index in [0.717, 1.165) is 16.7 Å². The quantitative estimate of drug-likeness (QED) is 0.724. The molecule has 1 N–H and O–H groups in total. The lowest BCUT2D eigenvalue weighted by atomic mass is 10.0. The number of aromatic amines is 1. The Morgan fingerprint density at radius 1 is 1.17 bits per heavy atom.